The first kappa shape index (κ1) is 12.4. The largest absolute Gasteiger partial charge is 0.306 e. The van der Waals surface area contributed by atoms with Crippen LogP contribution in [0.4, 0.5) is 5.13 Å². The molecule has 15 heavy (non-hydrogen) atoms. The first-order valence-electron chi connectivity index (χ1n) is 4.78. The van der Waals surface area contributed by atoms with Crippen LogP contribution in [0.5, 0.6) is 0 Å². The van der Waals surface area contributed by atoms with Crippen LogP contribution in [0.2, 0.25) is 0 Å². The van der Waals surface area contributed by atoms with E-state index in [1.54, 1.807) is 0 Å². The molecule has 1 aliphatic heterocycles. The molecule has 0 unspecified atom stereocenters. The van der Waals surface area contributed by atoms with Crippen molar-refractivity contribution < 1.29 is 4.79 Å². The predicted molar refractivity (Wildman–Crippen MR) is 63.8 cm³/mol. The summed E-state index contributed by atoms with van der Waals surface area (Å²) in [6.45, 7) is 2.99. The second-order valence-electron chi connectivity index (χ2n) is 3.28. The van der Waals surface area contributed by atoms with Gasteiger partial charge in [0.1, 0.15) is 0 Å². The molecule has 0 radical (unpaired) electrons. The van der Waals surface area contributed by atoms with Gasteiger partial charge in [0.05, 0.1) is 11.7 Å². The van der Waals surface area contributed by atoms with Gasteiger partial charge in [0.15, 0.2) is 5.13 Å². The maximum absolute atomic E-state index is 11.5. The van der Waals surface area contributed by atoms with Crippen molar-refractivity contribution in [2.75, 3.05) is 11.9 Å². The number of hydrogen-bond donors (Lipinski definition) is 2. The van der Waals surface area contributed by atoms with Gasteiger partial charge in [0, 0.05) is 5.38 Å². The zero-order valence-electron chi connectivity index (χ0n) is 8.45. The van der Waals surface area contributed by atoms with Crippen LogP contribution < -0.4 is 10.6 Å². The van der Waals surface area contributed by atoms with Crippen molar-refractivity contribution in [2.24, 2.45) is 0 Å². The molecule has 1 amide bonds. The van der Waals surface area contributed by atoms with Crippen LogP contribution >= 0.6 is 23.7 Å². The Bertz CT molecular complexity index is 338. The highest BCUT2D eigenvalue weighted by Gasteiger charge is 2.24. The Hall–Kier alpha value is -0.650. The molecule has 1 aromatic heterocycles. The number of carbonyl (C=O) groups excluding carboxylic acids is 1. The minimum atomic E-state index is -0.0102. The summed E-state index contributed by atoms with van der Waals surface area (Å²) in [6.07, 6.45) is 1.84. The summed E-state index contributed by atoms with van der Waals surface area (Å²) in [5, 5.41) is 8.54. The summed E-state index contributed by atoms with van der Waals surface area (Å²) < 4.78 is 0. The smallest absolute Gasteiger partial charge is 0.243 e. The zero-order valence-corrected chi connectivity index (χ0v) is 10.1. The van der Waals surface area contributed by atoms with Crippen LogP contribution in [-0.2, 0) is 11.2 Å². The average Bonchev–Trinajstić information content (AvgIpc) is 2.48. The number of nitrogens with one attached hydrogen (secondary N) is 2. The van der Waals surface area contributed by atoms with Gasteiger partial charge in [-0.25, -0.2) is 4.98 Å². The number of aryl methyl sites for hydroxylation is 1. The molecular formula is C9H14ClN3OS. The lowest BCUT2D eigenvalue weighted by atomic mass is 10.1. The third-order valence-electron chi connectivity index (χ3n) is 2.28. The van der Waals surface area contributed by atoms with Gasteiger partial charge >= 0.3 is 0 Å². The molecule has 0 aromatic carbocycles. The summed E-state index contributed by atoms with van der Waals surface area (Å²) in [4.78, 5) is 15.8. The Balaban J connectivity index is 0.00000112. The van der Waals surface area contributed by atoms with Gasteiger partial charge in [0.2, 0.25) is 5.91 Å². The quantitative estimate of drug-likeness (QED) is 0.850. The molecule has 6 heteroatoms. The van der Waals surface area contributed by atoms with Crippen LogP contribution in [0, 0.1) is 0 Å². The summed E-state index contributed by atoms with van der Waals surface area (Å²) in [5.74, 6) is 0.0354. The van der Waals surface area contributed by atoms with Crippen molar-refractivity contribution in [1.29, 1.82) is 0 Å². The standard InChI is InChI=1S/C9H13N3OS.ClH/c1-2-6-5-14-9(11-6)12-8(13)7-3-4-10-7;/h5,7,10H,2-4H2,1H3,(H,11,12,13);1H/t7-;/m1./s1. The normalized spacial score (nSPS) is 18.9. The van der Waals surface area contributed by atoms with Gasteiger partial charge in [0.25, 0.3) is 0 Å². The van der Waals surface area contributed by atoms with E-state index in [1.165, 1.54) is 11.3 Å². The van der Waals surface area contributed by atoms with Gasteiger partial charge in [-0.3, -0.25) is 4.79 Å². The van der Waals surface area contributed by atoms with E-state index in [2.05, 4.69) is 15.6 Å². The van der Waals surface area contributed by atoms with Gasteiger partial charge in [-0.15, -0.1) is 23.7 Å². The lowest BCUT2D eigenvalue weighted by Crippen LogP contribution is -2.50. The first-order valence-corrected chi connectivity index (χ1v) is 5.66. The highest BCUT2D eigenvalue weighted by atomic mass is 35.5. The number of amides is 1. The van der Waals surface area contributed by atoms with Crippen LogP contribution in [0.25, 0.3) is 0 Å². The third-order valence-corrected chi connectivity index (χ3v) is 3.09. The van der Waals surface area contributed by atoms with Crippen LogP contribution in [-0.4, -0.2) is 23.5 Å². The van der Waals surface area contributed by atoms with Gasteiger partial charge in [-0.1, -0.05) is 6.92 Å². The fourth-order valence-corrected chi connectivity index (χ4v) is 2.03. The maximum Gasteiger partial charge on any atom is 0.243 e. The van der Waals surface area contributed by atoms with E-state index in [1.807, 2.05) is 12.3 Å². The zero-order chi connectivity index (χ0) is 9.97. The van der Waals surface area contributed by atoms with E-state index in [4.69, 9.17) is 0 Å². The van der Waals surface area contributed by atoms with Crippen molar-refractivity contribution in [2.45, 2.75) is 25.8 Å². The van der Waals surface area contributed by atoms with E-state index in [-0.39, 0.29) is 24.4 Å². The molecular weight excluding hydrogens is 234 g/mol. The summed E-state index contributed by atoms with van der Waals surface area (Å²) in [5.41, 5.74) is 1.03. The monoisotopic (exact) mass is 247 g/mol. The molecule has 1 saturated heterocycles. The van der Waals surface area contributed by atoms with Crippen molar-refractivity contribution in [1.82, 2.24) is 10.3 Å². The van der Waals surface area contributed by atoms with Crippen molar-refractivity contribution in [3.63, 3.8) is 0 Å². The molecule has 1 atom stereocenters. The number of anilines is 1. The number of thiazole rings is 1. The lowest BCUT2D eigenvalue weighted by Gasteiger charge is -2.25. The molecule has 0 aliphatic carbocycles. The average molecular weight is 248 g/mol. The molecule has 2 rings (SSSR count). The highest BCUT2D eigenvalue weighted by Crippen LogP contribution is 2.16. The van der Waals surface area contributed by atoms with E-state index >= 15 is 0 Å². The molecule has 2 heterocycles. The minimum Gasteiger partial charge on any atom is -0.306 e. The maximum atomic E-state index is 11.5. The highest BCUT2D eigenvalue weighted by molar-refractivity contribution is 7.13. The number of carbonyl (C=O) groups is 1. The van der Waals surface area contributed by atoms with Crippen LogP contribution in [0.3, 0.4) is 0 Å². The number of rotatable bonds is 3. The Morgan fingerprint density at radius 1 is 1.80 bits per heavy atom. The van der Waals surface area contributed by atoms with Crippen molar-refractivity contribution in [3.8, 4) is 0 Å². The Kier molecular flexibility index (Phi) is 4.50. The Labute approximate surface area is 98.9 Å². The molecule has 1 aliphatic rings. The fourth-order valence-electron chi connectivity index (χ4n) is 1.23. The lowest BCUT2D eigenvalue weighted by molar-refractivity contribution is -0.119. The van der Waals surface area contributed by atoms with Gasteiger partial charge in [-0.2, -0.15) is 0 Å². The van der Waals surface area contributed by atoms with Crippen molar-refractivity contribution >= 4 is 34.8 Å². The number of halogens is 1. The Morgan fingerprint density at radius 3 is 3.00 bits per heavy atom. The summed E-state index contributed by atoms with van der Waals surface area (Å²) in [7, 11) is 0. The number of aromatic nitrogens is 1. The van der Waals surface area contributed by atoms with E-state index in [9.17, 15) is 4.79 Å². The molecule has 0 spiro atoms. The fraction of sp³-hybridized carbons (Fsp3) is 0.556. The van der Waals surface area contributed by atoms with Crippen LogP contribution in [0.1, 0.15) is 19.0 Å². The molecule has 1 aromatic rings. The van der Waals surface area contributed by atoms with E-state index in [0.717, 1.165) is 25.1 Å². The second-order valence-corrected chi connectivity index (χ2v) is 4.14. The van der Waals surface area contributed by atoms with E-state index in [0.29, 0.717) is 5.13 Å². The second kappa shape index (κ2) is 5.44. The first-order chi connectivity index (χ1) is 6.79. The van der Waals surface area contributed by atoms with E-state index < -0.39 is 0 Å². The molecule has 0 bridgehead atoms. The van der Waals surface area contributed by atoms with Gasteiger partial charge < -0.3 is 10.6 Å². The number of nitrogens with zero attached hydrogens (tertiary/aromatic N) is 1. The predicted octanol–water partition coefficient (Wildman–Crippen LogP) is 1.43. The van der Waals surface area contributed by atoms with Crippen LogP contribution in [0.15, 0.2) is 5.38 Å². The summed E-state index contributed by atoms with van der Waals surface area (Å²) in [6, 6.07) is -0.0102. The SMILES string of the molecule is CCc1csc(NC(=O)[C@H]2CCN2)n1.Cl. The summed E-state index contributed by atoms with van der Waals surface area (Å²) >= 11 is 1.48. The molecule has 2 N–H and O–H groups in total. The number of hydrogen-bond acceptors (Lipinski definition) is 4. The van der Waals surface area contributed by atoms with Gasteiger partial charge in [-0.05, 0) is 19.4 Å². The molecule has 1 fully saturated rings. The topological polar surface area (TPSA) is 54.0 Å². The molecule has 0 saturated carbocycles. The van der Waals surface area contributed by atoms with Crippen molar-refractivity contribution in [3.05, 3.63) is 11.1 Å². The molecule has 84 valence electrons. The minimum absolute atomic E-state index is 0. The Morgan fingerprint density at radius 2 is 2.53 bits per heavy atom. The third kappa shape index (κ3) is 2.90. The molecule has 4 nitrogen and oxygen atoms in total.